The molecule has 3 heterocycles. The lowest BCUT2D eigenvalue weighted by atomic mass is 10.1. The summed E-state index contributed by atoms with van der Waals surface area (Å²) in [5, 5.41) is 9.90. The number of nitrogens with one attached hydrogen (secondary N) is 1. The van der Waals surface area contributed by atoms with Gasteiger partial charge in [0.2, 0.25) is 0 Å². The maximum atomic E-state index is 12.6. The molecule has 0 saturated carbocycles. The predicted octanol–water partition coefficient (Wildman–Crippen LogP) is 3.44. The second kappa shape index (κ2) is 6.48. The van der Waals surface area contributed by atoms with Crippen LogP contribution in [0.4, 0.5) is 4.79 Å². The molecule has 2 aromatic rings. The smallest absolute Gasteiger partial charge is 0.318 e. The molecular formula is C15H20N4O2S. The van der Waals surface area contributed by atoms with Gasteiger partial charge in [0, 0.05) is 24.2 Å². The molecular weight excluding hydrogens is 300 g/mol. The highest BCUT2D eigenvalue weighted by Gasteiger charge is 2.33. The van der Waals surface area contributed by atoms with Crippen LogP contribution in [0, 0.1) is 6.92 Å². The maximum Gasteiger partial charge on any atom is 0.318 e. The first-order valence-electron chi connectivity index (χ1n) is 7.58. The van der Waals surface area contributed by atoms with E-state index >= 15 is 0 Å². The summed E-state index contributed by atoms with van der Waals surface area (Å²) < 4.78 is 5.35. The van der Waals surface area contributed by atoms with Crippen molar-refractivity contribution < 1.29 is 9.32 Å². The molecule has 1 fully saturated rings. The quantitative estimate of drug-likeness (QED) is 0.936. The van der Waals surface area contributed by atoms with Crippen LogP contribution in [0.2, 0.25) is 0 Å². The number of thiazole rings is 1. The first-order chi connectivity index (χ1) is 10.7. The number of urea groups is 1. The normalized spacial score (nSPS) is 19.4. The minimum atomic E-state index is -0.0568. The minimum absolute atomic E-state index is 0.0185. The topological polar surface area (TPSA) is 71.3 Å². The summed E-state index contributed by atoms with van der Waals surface area (Å²) in [6.07, 6.45) is 4.48. The fourth-order valence-corrected chi connectivity index (χ4v) is 3.60. The second-order valence-electron chi connectivity index (χ2n) is 5.50. The molecule has 2 aromatic heterocycles. The number of aryl methyl sites for hydroxylation is 1. The van der Waals surface area contributed by atoms with Gasteiger partial charge < -0.3 is 14.7 Å². The predicted molar refractivity (Wildman–Crippen MR) is 83.6 cm³/mol. The van der Waals surface area contributed by atoms with E-state index in [0.29, 0.717) is 0 Å². The van der Waals surface area contributed by atoms with Crippen molar-refractivity contribution in [2.45, 2.75) is 45.2 Å². The zero-order valence-electron chi connectivity index (χ0n) is 12.8. The Hall–Kier alpha value is -1.89. The lowest BCUT2D eigenvalue weighted by Gasteiger charge is -2.25. The molecule has 0 spiro atoms. The number of carbonyl (C=O) groups excluding carboxylic acids is 1. The molecule has 2 unspecified atom stereocenters. The van der Waals surface area contributed by atoms with Gasteiger partial charge in [-0.05, 0) is 26.2 Å². The van der Waals surface area contributed by atoms with Gasteiger partial charge in [0.05, 0.1) is 17.8 Å². The van der Waals surface area contributed by atoms with Crippen molar-refractivity contribution in [1.82, 2.24) is 20.4 Å². The third-order valence-electron chi connectivity index (χ3n) is 3.94. The lowest BCUT2D eigenvalue weighted by Crippen LogP contribution is -2.41. The van der Waals surface area contributed by atoms with Crippen LogP contribution in [0.1, 0.15) is 54.7 Å². The molecule has 0 bridgehead atoms. The third-order valence-corrected chi connectivity index (χ3v) is 4.83. The Morgan fingerprint density at radius 3 is 3.14 bits per heavy atom. The van der Waals surface area contributed by atoms with E-state index in [1.807, 2.05) is 30.2 Å². The van der Waals surface area contributed by atoms with Gasteiger partial charge in [0.15, 0.2) is 5.76 Å². The molecule has 6 nitrogen and oxygen atoms in total. The third kappa shape index (κ3) is 2.99. The number of carbonyl (C=O) groups is 1. The van der Waals surface area contributed by atoms with E-state index in [1.165, 1.54) is 0 Å². The highest BCUT2D eigenvalue weighted by molar-refractivity contribution is 7.09. The van der Waals surface area contributed by atoms with Gasteiger partial charge >= 0.3 is 6.03 Å². The number of rotatable bonds is 4. The van der Waals surface area contributed by atoms with E-state index < -0.39 is 0 Å². The highest BCUT2D eigenvalue weighted by Crippen LogP contribution is 2.32. The van der Waals surface area contributed by atoms with Crippen LogP contribution >= 0.6 is 11.3 Å². The molecule has 3 rings (SSSR count). The maximum absolute atomic E-state index is 12.6. The van der Waals surface area contributed by atoms with Gasteiger partial charge in [-0.25, -0.2) is 9.78 Å². The minimum Gasteiger partial charge on any atom is -0.359 e. The Morgan fingerprint density at radius 1 is 1.64 bits per heavy atom. The summed E-state index contributed by atoms with van der Waals surface area (Å²) in [7, 11) is 0. The van der Waals surface area contributed by atoms with Crippen molar-refractivity contribution in [2.24, 2.45) is 0 Å². The number of hydrogen-bond acceptors (Lipinski definition) is 5. The van der Waals surface area contributed by atoms with Crippen LogP contribution < -0.4 is 5.32 Å². The molecule has 1 aliphatic rings. The molecule has 2 atom stereocenters. The first kappa shape index (κ1) is 15.0. The number of amides is 2. The molecule has 2 amide bonds. The van der Waals surface area contributed by atoms with Crippen molar-refractivity contribution >= 4 is 17.4 Å². The Balaban J connectivity index is 1.70. The second-order valence-corrected chi connectivity index (χ2v) is 6.43. The molecule has 1 N–H and O–H groups in total. The van der Waals surface area contributed by atoms with E-state index in [0.717, 1.165) is 42.3 Å². The fraction of sp³-hybridized carbons (Fsp3) is 0.533. The lowest BCUT2D eigenvalue weighted by molar-refractivity contribution is 0.178. The number of hydrogen-bond donors (Lipinski definition) is 1. The van der Waals surface area contributed by atoms with E-state index in [4.69, 9.17) is 4.52 Å². The Morgan fingerprint density at radius 2 is 2.50 bits per heavy atom. The van der Waals surface area contributed by atoms with Crippen molar-refractivity contribution in [3.63, 3.8) is 0 Å². The molecule has 1 saturated heterocycles. The van der Waals surface area contributed by atoms with Crippen LogP contribution in [0.3, 0.4) is 0 Å². The summed E-state index contributed by atoms with van der Waals surface area (Å²) in [4.78, 5) is 18.8. The molecule has 0 aliphatic carbocycles. The van der Waals surface area contributed by atoms with Gasteiger partial charge in [-0.2, -0.15) is 0 Å². The van der Waals surface area contributed by atoms with Crippen molar-refractivity contribution in [2.75, 3.05) is 6.54 Å². The van der Waals surface area contributed by atoms with E-state index in [1.54, 1.807) is 17.5 Å². The largest absolute Gasteiger partial charge is 0.359 e. The van der Waals surface area contributed by atoms with E-state index in [-0.39, 0.29) is 18.1 Å². The Bertz CT molecular complexity index is 625. The number of likely N-dealkylation sites (tertiary alicyclic amines) is 1. The van der Waals surface area contributed by atoms with Crippen molar-refractivity contribution in [3.8, 4) is 0 Å². The van der Waals surface area contributed by atoms with Crippen molar-refractivity contribution in [1.29, 1.82) is 0 Å². The van der Waals surface area contributed by atoms with E-state index in [9.17, 15) is 4.79 Å². The molecule has 118 valence electrons. The number of nitrogens with zero attached hydrogens (tertiary/aromatic N) is 3. The van der Waals surface area contributed by atoms with Crippen molar-refractivity contribution in [3.05, 3.63) is 34.1 Å². The van der Waals surface area contributed by atoms with Crippen LogP contribution in [-0.2, 0) is 0 Å². The average molecular weight is 320 g/mol. The fourth-order valence-electron chi connectivity index (χ4n) is 2.82. The summed E-state index contributed by atoms with van der Waals surface area (Å²) in [6.45, 7) is 4.68. The summed E-state index contributed by atoms with van der Waals surface area (Å²) in [6, 6.07) is 1.80. The van der Waals surface area contributed by atoms with Gasteiger partial charge in [-0.1, -0.05) is 12.1 Å². The zero-order valence-corrected chi connectivity index (χ0v) is 13.6. The standard InChI is InChI=1S/C15H20N4O2S/c1-3-11(14-16-6-8-22-14)17-15(20)19-7-4-5-12(19)13-9-10(2)18-21-13/h6,8-9,11-12H,3-5,7H2,1-2H3,(H,17,20). The SMILES string of the molecule is CCC(NC(=O)N1CCCC1c1cc(C)no1)c1nccs1. The summed E-state index contributed by atoms with van der Waals surface area (Å²) in [5.74, 6) is 0.771. The summed E-state index contributed by atoms with van der Waals surface area (Å²) in [5.41, 5.74) is 0.844. The van der Waals surface area contributed by atoms with Gasteiger partial charge in [-0.3, -0.25) is 0 Å². The molecule has 22 heavy (non-hydrogen) atoms. The molecule has 0 radical (unpaired) electrons. The Labute approximate surface area is 133 Å². The van der Waals surface area contributed by atoms with Crippen LogP contribution in [-0.4, -0.2) is 27.6 Å². The average Bonchev–Trinajstić information content (AvgIpc) is 3.24. The molecule has 0 aromatic carbocycles. The monoisotopic (exact) mass is 320 g/mol. The van der Waals surface area contributed by atoms with Crippen LogP contribution in [0.15, 0.2) is 22.2 Å². The zero-order chi connectivity index (χ0) is 15.5. The molecule has 7 heteroatoms. The van der Waals surface area contributed by atoms with Gasteiger partial charge in [0.25, 0.3) is 0 Å². The number of aromatic nitrogens is 2. The van der Waals surface area contributed by atoms with E-state index in [2.05, 4.69) is 15.5 Å². The van der Waals surface area contributed by atoms with Crippen LogP contribution in [0.5, 0.6) is 0 Å². The van der Waals surface area contributed by atoms with Crippen LogP contribution in [0.25, 0.3) is 0 Å². The Kier molecular flexibility index (Phi) is 4.42. The summed E-state index contributed by atoms with van der Waals surface area (Å²) >= 11 is 1.57. The first-order valence-corrected chi connectivity index (χ1v) is 8.46. The van der Waals surface area contributed by atoms with Gasteiger partial charge in [-0.15, -0.1) is 11.3 Å². The highest BCUT2D eigenvalue weighted by atomic mass is 32.1. The van der Waals surface area contributed by atoms with Gasteiger partial charge in [0.1, 0.15) is 5.01 Å². The molecule has 1 aliphatic heterocycles.